The molecule has 0 amide bonds. The van der Waals surface area contributed by atoms with Gasteiger partial charge in [-0.3, -0.25) is 4.99 Å². The SMILES string of the molecule is CC=Nc1cc(NC(c2ccc(N3CCC(F)(F)C3)cc2F)c2cn(S)nc2C)ccc1C.CCB(C)SC.CCC=C1CC1. The van der Waals surface area contributed by atoms with Gasteiger partial charge in [-0.1, -0.05) is 50.8 Å². The summed E-state index contributed by atoms with van der Waals surface area (Å²) in [6.45, 7) is 12.1. The first-order valence-corrected chi connectivity index (χ1v) is 17.3. The molecule has 5 rings (SSSR count). The van der Waals surface area contributed by atoms with Crippen LogP contribution < -0.4 is 10.2 Å². The summed E-state index contributed by atoms with van der Waals surface area (Å²) in [6, 6.07) is 9.86. The monoisotopic (exact) mass is 657 g/mol. The van der Waals surface area contributed by atoms with E-state index in [0.717, 1.165) is 28.5 Å². The van der Waals surface area contributed by atoms with Crippen molar-refractivity contribution in [1.82, 2.24) is 9.19 Å². The van der Waals surface area contributed by atoms with E-state index in [1.54, 1.807) is 30.1 Å². The smallest absolute Gasteiger partial charge is 0.266 e. The van der Waals surface area contributed by atoms with Gasteiger partial charge in [0.05, 0.1) is 24.0 Å². The Labute approximate surface area is 277 Å². The van der Waals surface area contributed by atoms with E-state index in [1.165, 1.54) is 40.6 Å². The standard InChI is InChI=1S/C24H26F3N5S.C6H10.C4H11BS/c1-4-28-22-11-17(6-5-15(22)2)29-23(20-13-32(33)30-16(20)3)19-8-7-18(12-21(19)25)31-10-9-24(26,27)14-31;1-2-3-6-4-5-6;1-4-5(2)6-3/h4-8,11-13,23,29,33H,9-10,14H2,1-3H3;3H,2,4-5H2,1H3;4H2,1-3H3. The highest BCUT2D eigenvalue weighted by Crippen LogP contribution is 2.36. The highest BCUT2D eigenvalue weighted by atomic mass is 32.2. The summed E-state index contributed by atoms with van der Waals surface area (Å²) in [4.78, 5) is 5.91. The van der Waals surface area contributed by atoms with E-state index in [4.69, 9.17) is 0 Å². The van der Waals surface area contributed by atoms with Crippen LogP contribution in [0.4, 0.5) is 30.2 Å². The molecule has 45 heavy (non-hydrogen) atoms. The highest BCUT2D eigenvalue weighted by molar-refractivity contribution is 8.24. The molecule has 244 valence electrons. The number of alkyl halides is 2. The van der Waals surface area contributed by atoms with E-state index in [9.17, 15) is 8.78 Å². The molecule has 1 saturated heterocycles. The molecule has 11 heteroatoms. The number of hydrogen-bond acceptors (Lipinski definition) is 6. The number of nitrogens with one attached hydrogen (secondary N) is 1. The van der Waals surface area contributed by atoms with Crippen molar-refractivity contribution < 1.29 is 13.2 Å². The maximum Gasteiger partial charge on any atom is 0.266 e. The summed E-state index contributed by atoms with van der Waals surface area (Å²) in [5.74, 6) is -2.38. The molecule has 1 aliphatic carbocycles. The van der Waals surface area contributed by atoms with Gasteiger partial charge >= 0.3 is 0 Å². The third-order valence-electron chi connectivity index (χ3n) is 7.86. The van der Waals surface area contributed by atoms with Gasteiger partial charge in [-0.25, -0.2) is 28.9 Å². The van der Waals surface area contributed by atoms with Crippen LogP contribution >= 0.6 is 24.4 Å². The van der Waals surface area contributed by atoms with E-state index < -0.39 is 24.3 Å². The quantitative estimate of drug-likeness (QED) is 0.104. The van der Waals surface area contributed by atoms with Gasteiger partial charge in [0, 0.05) is 47.9 Å². The minimum absolute atomic E-state index is 0.198. The number of rotatable bonds is 9. The second-order valence-corrected chi connectivity index (χ2v) is 13.2. The zero-order chi connectivity index (χ0) is 33.1. The summed E-state index contributed by atoms with van der Waals surface area (Å²) in [5, 5.41) is 7.69. The molecular weight excluding hydrogens is 610 g/mol. The number of aromatic nitrogens is 2. The fourth-order valence-electron chi connectivity index (χ4n) is 4.84. The molecular formula is C34H47BF3N5S2. The predicted molar refractivity (Wildman–Crippen MR) is 193 cm³/mol. The Balaban J connectivity index is 0.000000386. The second-order valence-electron chi connectivity index (χ2n) is 11.5. The maximum atomic E-state index is 15.4. The summed E-state index contributed by atoms with van der Waals surface area (Å²) in [7, 11) is 0. The lowest BCUT2D eigenvalue weighted by Gasteiger charge is -2.23. The average molecular weight is 658 g/mol. The van der Waals surface area contributed by atoms with Gasteiger partial charge in [-0.05, 0) is 88.9 Å². The number of halogens is 3. The molecule has 1 N–H and O–H groups in total. The van der Waals surface area contributed by atoms with Gasteiger partial charge in [0.2, 0.25) is 5.99 Å². The molecule has 1 saturated carbocycles. The molecule has 2 fully saturated rings. The van der Waals surface area contributed by atoms with Crippen LogP contribution in [-0.2, 0) is 0 Å². The lowest BCUT2D eigenvalue weighted by atomic mass is 9.77. The van der Waals surface area contributed by atoms with Crippen molar-refractivity contribution in [3.8, 4) is 0 Å². The summed E-state index contributed by atoms with van der Waals surface area (Å²) >= 11 is 6.20. The van der Waals surface area contributed by atoms with E-state index in [-0.39, 0.29) is 13.0 Å². The fourth-order valence-corrected chi connectivity index (χ4v) is 5.44. The average Bonchev–Trinajstić information content (AvgIpc) is 3.66. The van der Waals surface area contributed by atoms with Crippen molar-refractivity contribution in [3.63, 3.8) is 0 Å². The molecule has 1 unspecified atom stereocenters. The van der Waals surface area contributed by atoms with Gasteiger partial charge in [0.25, 0.3) is 5.92 Å². The number of nitrogens with zero attached hydrogens (tertiary/aromatic N) is 4. The molecule has 2 aliphatic rings. The number of hydrogen-bond donors (Lipinski definition) is 2. The summed E-state index contributed by atoms with van der Waals surface area (Å²) in [6.07, 6.45) is 13.0. The Morgan fingerprint density at radius 2 is 1.89 bits per heavy atom. The normalized spacial score (nSPS) is 15.6. The molecule has 0 spiro atoms. The van der Waals surface area contributed by atoms with E-state index >= 15 is 4.39 Å². The Morgan fingerprint density at radius 3 is 2.36 bits per heavy atom. The minimum Gasteiger partial charge on any atom is -0.374 e. The number of anilines is 2. The van der Waals surface area contributed by atoms with Crippen LogP contribution in [0.3, 0.4) is 0 Å². The first-order valence-electron chi connectivity index (χ1n) is 15.6. The Kier molecular flexibility index (Phi) is 14.0. The lowest BCUT2D eigenvalue weighted by molar-refractivity contribution is 0.0257. The molecule has 5 nitrogen and oxygen atoms in total. The van der Waals surface area contributed by atoms with E-state index in [1.807, 2.05) is 50.6 Å². The van der Waals surface area contributed by atoms with Crippen molar-refractivity contribution in [2.24, 2.45) is 4.99 Å². The maximum absolute atomic E-state index is 15.4. The topological polar surface area (TPSA) is 45.5 Å². The van der Waals surface area contributed by atoms with Crippen molar-refractivity contribution in [2.75, 3.05) is 29.6 Å². The molecule has 1 aliphatic heterocycles. The highest BCUT2D eigenvalue weighted by Gasteiger charge is 2.38. The van der Waals surface area contributed by atoms with Crippen molar-refractivity contribution in [2.45, 2.75) is 85.4 Å². The van der Waals surface area contributed by atoms with Gasteiger partial charge in [-0.15, -0.1) is 0 Å². The molecule has 1 atom stereocenters. The zero-order valence-electron chi connectivity index (χ0n) is 27.6. The van der Waals surface area contributed by atoms with Crippen LogP contribution in [0.15, 0.2) is 59.2 Å². The Bertz CT molecular complexity index is 1450. The number of aryl methyl sites for hydroxylation is 2. The molecule has 2 heterocycles. The van der Waals surface area contributed by atoms with E-state index in [2.05, 4.69) is 61.2 Å². The first-order chi connectivity index (χ1) is 21.4. The van der Waals surface area contributed by atoms with Crippen molar-refractivity contribution in [3.05, 3.63) is 82.4 Å². The molecule has 1 aromatic heterocycles. The summed E-state index contributed by atoms with van der Waals surface area (Å²) in [5.41, 5.74) is 6.55. The molecule has 2 aromatic carbocycles. The zero-order valence-corrected chi connectivity index (χ0v) is 29.3. The van der Waals surface area contributed by atoms with Crippen molar-refractivity contribution >= 4 is 53.7 Å². The first kappa shape index (κ1) is 36.7. The van der Waals surface area contributed by atoms with Crippen LogP contribution in [0.2, 0.25) is 13.1 Å². The lowest BCUT2D eigenvalue weighted by Crippen LogP contribution is -2.25. The molecule has 3 aromatic rings. The minimum atomic E-state index is -2.75. The van der Waals surface area contributed by atoms with Crippen LogP contribution in [-0.4, -0.2) is 46.7 Å². The third kappa shape index (κ3) is 11.2. The van der Waals surface area contributed by atoms with Gasteiger partial charge in [0.1, 0.15) is 5.82 Å². The molecule has 0 bridgehead atoms. The molecule has 0 radical (unpaired) electrons. The van der Waals surface area contributed by atoms with Crippen LogP contribution in [0, 0.1) is 19.7 Å². The number of benzene rings is 2. The van der Waals surface area contributed by atoms with Crippen LogP contribution in [0.25, 0.3) is 0 Å². The van der Waals surface area contributed by atoms with Crippen LogP contribution in [0.5, 0.6) is 0 Å². The van der Waals surface area contributed by atoms with Crippen molar-refractivity contribution in [1.29, 1.82) is 0 Å². The fraction of sp³-hybridized carbons (Fsp3) is 0.471. The van der Waals surface area contributed by atoms with Gasteiger partial charge in [0.15, 0.2) is 0 Å². The number of allylic oxidation sites excluding steroid dienone is 2. The Hall–Kier alpha value is -2.79. The van der Waals surface area contributed by atoms with E-state index in [0.29, 0.717) is 16.9 Å². The number of thiol groups is 1. The van der Waals surface area contributed by atoms with Gasteiger partial charge < -0.3 is 10.2 Å². The van der Waals surface area contributed by atoms with Gasteiger partial charge in [-0.2, -0.15) is 5.10 Å². The predicted octanol–water partition coefficient (Wildman–Crippen LogP) is 10.2. The largest absolute Gasteiger partial charge is 0.374 e. The Morgan fingerprint density at radius 1 is 1.16 bits per heavy atom. The van der Waals surface area contributed by atoms with Crippen LogP contribution in [0.1, 0.15) is 74.9 Å². The summed E-state index contributed by atoms with van der Waals surface area (Å²) < 4.78 is 44.1. The number of aliphatic imine (C=N–C) groups is 1. The second kappa shape index (κ2) is 17.2. The third-order valence-corrected chi connectivity index (χ3v) is 9.21.